The van der Waals surface area contributed by atoms with Crippen LogP contribution in [0.15, 0.2) is 42.7 Å². The monoisotopic (exact) mass is 906 g/mol. The highest BCUT2D eigenvalue weighted by atomic mass is 16.8. The molecule has 0 radical (unpaired) electrons. The van der Waals surface area contributed by atoms with Crippen LogP contribution in [0.2, 0.25) is 0 Å². The maximum atomic E-state index is 13.5. The fourth-order valence-electron chi connectivity index (χ4n) is 8.43. The van der Waals surface area contributed by atoms with E-state index in [-0.39, 0.29) is 12.2 Å². The van der Waals surface area contributed by atoms with E-state index in [1.807, 2.05) is 0 Å². The second-order valence-corrected chi connectivity index (χ2v) is 15.6. The molecule has 0 unspecified atom stereocenters. The van der Waals surface area contributed by atoms with Gasteiger partial charge < -0.3 is 66.3 Å². The first kappa shape index (κ1) is 47.8. The van der Waals surface area contributed by atoms with Crippen molar-refractivity contribution in [2.45, 2.75) is 141 Å². The SMILES string of the molecule is CC(=O)OC[C@H]1O[C@@H](O[C@@H]2OC=C[C@H]3[C@H](O[C@@H]4O[C@@H](C)[C@H](OC(C)=O)[C@@H](OC(=O)c5ccccc5)[C@H]4OC(C)=O)[C@@H]4O[C@]4(COC(C)=O)[C@@H]23)[C@H](OC(C)=O)[C@@H](OC(C)=O)[C@@H]1OC(C)=O. The molecule has 3 saturated heterocycles. The molecule has 4 heterocycles. The van der Waals surface area contributed by atoms with Gasteiger partial charge in [0, 0.05) is 54.4 Å². The molecule has 0 spiro atoms. The summed E-state index contributed by atoms with van der Waals surface area (Å²) in [5.74, 6) is -8.05. The fourth-order valence-corrected chi connectivity index (χ4v) is 8.43. The molecular weight excluding hydrogens is 856 g/mol. The van der Waals surface area contributed by atoms with Crippen LogP contribution in [-0.2, 0) is 99.9 Å². The molecule has 6 rings (SSSR count). The molecule has 64 heavy (non-hydrogen) atoms. The van der Waals surface area contributed by atoms with Crippen LogP contribution in [0.3, 0.4) is 0 Å². The number of hydrogen-bond acceptors (Lipinski definition) is 22. The van der Waals surface area contributed by atoms with Crippen LogP contribution < -0.4 is 0 Å². The molecule has 0 N–H and O–H groups in total. The zero-order valence-corrected chi connectivity index (χ0v) is 36.1. The average molecular weight is 907 g/mol. The molecule has 16 atom stereocenters. The molecule has 22 heteroatoms. The third kappa shape index (κ3) is 10.8. The number of esters is 8. The second-order valence-electron chi connectivity index (χ2n) is 15.6. The van der Waals surface area contributed by atoms with Gasteiger partial charge in [-0.2, -0.15) is 0 Å². The smallest absolute Gasteiger partial charge is 0.338 e. The molecule has 0 amide bonds. The Morgan fingerprint density at radius 2 is 1.09 bits per heavy atom. The lowest BCUT2D eigenvalue weighted by Gasteiger charge is -2.46. The number of carbonyl (C=O) groups is 8. The van der Waals surface area contributed by atoms with Gasteiger partial charge in [0.15, 0.2) is 42.9 Å². The quantitative estimate of drug-likeness (QED) is 0.136. The van der Waals surface area contributed by atoms with Gasteiger partial charge >= 0.3 is 47.8 Å². The molecule has 4 fully saturated rings. The molecule has 0 bridgehead atoms. The lowest BCUT2D eigenvalue weighted by Crippen LogP contribution is -2.64. The number of rotatable bonds is 15. The maximum absolute atomic E-state index is 13.5. The Morgan fingerprint density at radius 1 is 0.562 bits per heavy atom. The van der Waals surface area contributed by atoms with Crippen molar-refractivity contribution in [1.29, 1.82) is 0 Å². The van der Waals surface area contributed by atoms with Crippen molar-refractivity contribution < 1.29 is 105 Å². The molecule has 1 aromatic carbocycles. The molecule has 1 aromatic rings. The van der Waals surface area contributed by atoms with Crippen molar-refractivity contribution >= 4 is 47.8 Å². The predicted molar refractivity (Wildman–Crippen MR) is 204 cm³/mol. The van der Waals surface area contributed by atoms with Crippen LogP contribution >= 0.6 is 0 Å². The third-order valence-corrected chi connectivity index (χ3v) is 10.8. The van der Waals surface area contributed by atoms with E-state index in [1.54, 1.807) is 31.2 Å². The highest BCUT2D eigenvalue weighted by Crippen LogP contribution is 2.61. The Balaban J connectivity index is 1.34. The van der Waals surface area contributed by atoms with E-state index in [2.05, 4.69) is 0 Å². The van der Waals surface area contributed by atoms with Crippen LogP contribution in [0, 0.1) is 11.8 Å². The van der Waals surface area contributed by atoms with Crippen molar-refractivity contribution in [3.8, 4) is 0 Å². The summed E-state index contributed by atoms with van der Waals surface area (Å²) in [5.41, 5.74) is -1.25. The Hall–Kier alpha value is -5.68. The summed E-state index contributed by atoms with van der Waals surface area (Å²) in [6.45, 7) is 8.44. The molecule has 22 nitrogen and oxygen atoms in total. The summed E-state index contributed by atoms with van der Waals surface area (Å²) in [6.07, 6.45) is -14.9. The Labute approximate surface area is 366 Å². The first-order valence-electron chi connectivity index (χ1n) is 20.3. The summed E-state index contributed by atoms with van der Waals surface area (Å²) in [5, 5.41) is 0. The number of fused-ring (bicyclic) bond motifs is 3. The van der Waals surface area contributed by atoms with E-state index in [4.69, 9.17) is 66.3 Å². The van der Waals surface area contributed by atoms with Gasteiger partial charge in [-0.15, -0.1) is 0 Å². The van der Waals surface area contributed by atoms with Gasteiger partial charge in [0.05, 0.1) is 30.0 Å². The van der Waals surface area contributed by atoms with Crippen molar-refractivity contribution in [3.05, 3.63) is 48.2 Å². The number of ether oxygens (including phenoxy) is 14. The predicted octanol–water partition coefficient (Wildman–Crippen LogP) is 1.12. The van der Waals surface area contributed by atoms with Crippen LogP contribution in [-0.4, -0.2) is 146 Å². The zero-order valence-electron chi connectivity index (χ0n) is 36.1. The summed E-state index contributed by atoms with van der Waals surface area (Å²) >= 11 is 0. The number of benzene rings is 1. The lowest BCUT2D eigenvalue weighted by molar-refractivity contribution is -0.349. The zero-order chi connectivity index (χ0) is 46.6. The second kappa shape index (κ2) is 20.0. The molecule has 0 aromatic heterocycles. The summed E-state index contributed by atoms with van der Waals surface area (Å²) in [7, 11) is 0. The maximum Gasteiger partial charge on any atom is 0.338 e. The van der Waals surface area contributed by atoms with Gasteiger partial charge in [0.25, 0.3) is 0 Å². The first-order chi connectivity index (χ1) is 30.3. The Morgan fingerprint density at radius 3 is 1.67 bits per heavy atom. The van der Waals surface area contributed by atoms with E-state index in [0.717, 1.165) is 41.5 Å². The summed E-state index contributed by atoms with van der Waals surface area (Å²) < 4.78 is 82.2. The molecule has 1 saturated carbocycles. The number of hydrogen-bond donors (Lipinski definition) is 0. The van der Waals surface area contributed by atoms with E-state index in [9.17, 15) is 38.4 Å². The highest BCUT2D eigenvalue weighted by molar-refractivity contribution is 5.89. The van der Waals surface area contributed by atoms with Crippen LogP contribution in [0.5, 0.6) is 0 Å². The van der Waals surface area contributed by atoms with E-state index in [0.29, 0.717) is 0 Å². The topological polar surface area (TPSA) is 269 Å². The van der Waals surface area contributed by atoms with Crippen LogP contribution in [0.4, 0.5) is 0 Å². The van der Waals surface area contributed by atoms with Crippen molar-refractivity contribution in [2.24, 2.45) is 11.8 Å². The van der Waals surface area contributed by atoms with Crippen LogP contribution in [0.1, 0.15) is 65.7 Å². The standard InChI is InChI=1S/C42H50O22/c1-18-30(55-21(4)45)33(61-38(50)26-12-10-9-11-13-26)35(58-24(7)48)40(54-18)62-31-27-14-15-51-39(29(27)42(37(31)64-42)17-53-20(3)44)63-41-36(59-25(8)49)34(57-23(6)47)32(56-22(5)46)28(60-41)16-52-19(2)43/h9-15,18,27-37,39-41H,16-17H2,1-8H3/t18-,27+,28+,29+,30-,31-,32+,33+,34-,35+,36+,37-,39-,40-,41-,42+/m0/s1. The van der Waals surface area contributed by atoms with E-state index < -0.39 is 152 Å². The minimum atomic E-state index is -1.69. The van der Waals surface area contributed by atoms with E-state index >= 15 is 0 Å². The molecule has 5 aliphatic rings. The molecule has 1 aliphatic carbocycles. The molecule has 350 valence electrons. The van der Waals surface area contributed by atoms with Crippen molar-refractivity contribution in [2.75, 3.05) is 13.2 Å². The van der Waals surface area contributed by atoms with Gasteiger partial charge in [0.2, 0.25) is 12.6 Å². The number of carbonyl (C=O) groups excluding carboxylic acids is 8. The molecule has 4 aliphatic heterocycles. The summed E-state index contributed by atoms with van der Waals surface area (Å²) in [6, 6.07) is 7.94. The van der Waals surface area contributed by atoms with Gasteiger partial charge in [-0.3, -0.25) is 33.6 Å². The van der Waals surface area contributed by atoms with Gasteiger partial charge in [-0.1, -0.05) is 18.2 Å². The van der Waals surface area contributed by atoms with Gasteiger partial charge in [-0.25, -0.2) is 4.79 Å². The Kier molecular flexibility index (Phi) is 14.9. The first-order valence-corrected chi connectivity index (χ1v) is 20.3. The minimum Gasteiger partial charge on any atom is -0.472 e. The van der Waals surface area contributed by atoms with Crippen LogP contribution in [0.25, 0.3) is 0 Å². The minimum absolute atomic E-state index is 0.151. The highest BCUT2D eigenvalue weighted by Gasteiger charge is 2.78. The average Bonchev–Trinajstić information content (AvgIpc) is 3.87. The fraction of sp³-hybridized carbons (Fsp3) is 0.619. The van der Waals surface area contributed by atoms with Crippen molar-refractivity contribution in [1.82, 2.24) is 0 Å². The third-order valence-electron chi connectivity index (χ3n) is 10.8. The number of epoxide rings is 1. The normalized spacial score (nSPS) is 35.7. The van der Waals surface area contributed by atoms with Gasteiger partial charge in [-0.05, 0) is 25.1 Å². The van der Waals surface area contributed by atoms with Gasteiger partial charge in [0.1, 0.15) is 31.0 Å². The Bertz CT molecular complexity index is 1970. The summed E-state index contributed by atoms with van der Waals surface area (Å²) in [4.78, 5) is 99.9. The molecular formula is C42H50O22. The van der Waals surface area contributed by atoms with Crippen molar-refractivity contribution in [3.63, 3.8) is 0 Å². The van der Waals surface area contributed by atoms with E-state index in [1.165, 1.54) is 25.3 Å². The lowest BCUT2D eigenvalue weighted by atomic mass is 9.85. The largest absolute Gasteiger partial charge is 0.472 e.